The van der Waals surface area contributed by atoms with E-state index < -0.39 is 0 Å². The average Bonchev–Trinajstić information content (AvgIpc) is 3.02. The van der Waals surface area contributed by atoms with E-state index in [4.69, 9.17) is 12.2 Å². The Morgan fingerprint density at radius 1 is 1.10 bits per heavy atom. The van der Waals surface area contributed by atoms with Crippen LogP contribution in [0.5, 0.6) is 0 Å². The molecule has 2 bridgehead atoms. The van der Waals surface area contributed by atoms with Crippen molar-refractivity contribution in [2.45, 2.75) is 38.6 Å². The van der Waals surface area contributed by atoms with Crippen LogP contribution in [0.2, 0.25) is 0 Å². The van der Waals surface area contributed by atoms with Gasteiger partial charge >= 0.3 is 0 Å². The van der Waals surface area contributed by atoms with E-state index in [2.05, 4.69) is 16.0 Å². The van der Waals surface area contributed by atoms with Crippen LogP contribution in [0.3, 0.4) is 0 Å². The molecule has 0 heterocycles. The number of fused-ring (bicyclic) bond motifs is 2. The van der Waals surface area contributed by atoms with Gasteiger partial charge in [-0.2, -0.15) is 0 Å². The van der Waals surface area contributed by atoms with Crippen LogP contribution in [0.15, 0.2) is 24.3 Å². The Morgan fingerprint density at radius 3 is 2.29 bits per heavy atom. The molecular weight excluding hydrogens is 282 g/mol. The van der Waals surface area contributed by atoms with Crippen molar-refractivity contribution in [2.75, 3.05) is 10.6 Å². The van der Waals surface area contributed by atoms with E-state index in [1.165, 1.54) is 32.6 Å². The highest BCUT2D eigenvalue weighted by Gasteiger charge is 2.39. The number of thiocarbonyl (C=S) groups is 1. The number of amides is 1. The summed E-state index contributed by atoms with van der Waals surface area (Å²) in [5, 5.41) is 10.1. The van der Waals surface area contributed by atoms with Gasteiger partial charge in [0.2, 0.25) is 5.91 Å². The van der Waals surface area contributed by atoms with Gasteiger partial charge in [-0.25, -0.2) is 0 Å². The summed E-state index contributed by atoms with van der Waals surface area (Å²) in [5.74, 6) is 1.65. The summed E-state index contributed by atoms with van der Waals surface area (Å²) in [6.07, 6.45) is 5.36. The Labute approximate surface area is 130 Å². The number of nitrogens with one attached hydrogen (secondary N) is 3. The first-order valence-corrected chi connectivity index (χ1v) is 7.96. The number of carbonyl (C=O) groups excluding carboxylic acids is 1. The normalized spacial score (nSPS) is 26.4. The Morgan fingerprint density at radius 2 is 1.76 bits per heavy atom. The van der Waals surface area contributed by atoms with E-state index in [0.717, 1.165) is 23.2 Å². The van der Waals surface area contributed by atoms with Crippen LogP contribution in [0.4, 0.5) is 11.4 Å². The summed E-state index contributed by atoms with van der Waals surface area (Å²) in [4.78, 5) is 11.0. The van der Waals surface area contributed by atoms with Crippen molar-refractivity contribution in [1.82, 2.24) is 5.32 Å². The maximum Gasteiger partial charge on any atom is 0.221 e. The van der Waals surface area contributed by atoms with Crippen molar-refractivity contribution in [1.29, 1.82) is 0 Å². The van der Waals surface area contributed by atoms with Gasteiger partial charge in [0.05, 0.1) is 0 Å². The van der Waals surface area contributed by atoms with Crippen LogP contribution in [0, 0.1) is 11.8 Å². The van der Waals surface area contributed by atoms with Gasteiger partial charge < -0.3 is 16.0 Å². The lowest BCUT2D eigenvalue weighted by molar-refractivity contribution is -0.114. The topological polar surface area (TPSA) is 53.2 Å². The number of benzene rings is 1. The molecule has 0 aliphatic heterocycles. The van der Waals surface area contributed by atoms with E-state index in [9.17, 15) is 4.79 Å². The predicted octanol–water partition coefficient (Wildman–Crippen LogP) is 3.12. The molecule has 2 saturated carbocycles. The largest absolute Gasteiger partial charge is 0.359 e. The second kappa shape index (κ2) is 6.02. The zero-order valence-corrected chi connectivity index (χ0v) is 13.0. The summed E-state index contributed by atoms with van der Waals surface area (Å²) >= 11 is 5.40. The van der Waals surface area contributed by atoms with Crippen LogP contribution in [0.1, 0.15) is 32.6 Å². The minimum Gasteiger partial charge on any atom is -0.359 e. The van der Waals surface area contributed by atoms with Crippen LogP contribution in [-0.2, 0) is 4.79 Å². The van der Waals surface area contributed by atoms with Crippen molar-refractivity contribution >= 4 is 34.6 Å². The highest BCUT2D eigenvalue weighted by molar-refractivity contribution is 7.80. The fraction of sp³-hybridized carbons (Fsp3) is 0.500. The second-order valence-corrected chi connectivity index (χ2v) is 6.55. The van der Waals surface area contributed by atoms with E-state index in [1.807, 2.05) is 24.3 Å². The van der Waals surface area contributed by atoms with Gasteiger partial charge in [-0.3, -0.25) is 4.79 Å². The molecule has 1 aromatic rings. The molecule has 1 amide bonds. The molecule has 0 unspecified atom stereocenters. The molecule has 2 aliphatic carbocycles. The molecule has 2 fully saturated rings. The third-order valence-electron chi connectivity index (χ3n) is 4.52. The van der Waals surface area contributed by atoms with Gasteiger partial charge in [0.1, 0.15) is 0 Å². The molecule has 3 atom stereocenters. The van der Waals surface area contributed by atoms with Gasteiger partial charge in [0.15, 0.2) is 5.11 Å². The summed E-state index contributed by atoms with van der Waals surface area (Å²) in [7, 11) is 0. The zero-order chi connectivity index (χ0) is 14.8. The third kappa shape index (κ3) is 3.53. The number of carbonyl (C=O) groups is 1. The van der Waals surface area contributed by atoms with Crippen molar-refractivity contribution in [3.63, 3.8) is 0 Å². The Bertz CT molecular complexity index is 543. The quantitative estimate of drug-likeness (QED) is 0.751. The molecule has 3 rings (SSSR count). The van der Waals surface area contributed by atoms with Crippen molar-refractivity contribution in [3.8, 4) is 0 Å². The Hall–Kier alpha value is -1.62. The molecule has 5 heteroatoms. The molecule has 0 spiro atoms. The standard InChI is InChI=1S/C16H21N3OS/c1-10(20)17-13-4-6-14(7-5-13)18-16(21)19-15-9-11-2-3-12(15)8-11/h4-7,11-12,15H,2-3,8-9H2,1H3,(H,17,20)(H2,18,19,21)/t11-,12-,15-/m1/s1. The second-order valence-electron chi connectivity index (χ2n) is 6.14. The molecule has 112 valence electrons. The third-order valence-corrected chi connectivity index (χ3v) is 4.74. The van der Waals surface area contributed by atoms with Crippen LogP contribution < -0.4 is 16.0 Å². The maximum atomic E-state index is 11.0. The minimum atomic E-state index is -0.0656. The molecule has 3 N–H and O–H groups in total. The van der Waals surface area contributed by atoms with Crippen LogP contribution in [0.25, 0.3) is 0 Å². The molecule has 1 aromatic carbocycles. The Kier molecular flexibility index (Phi) is 4.10. The number of rotatable bonds is 3. The van der Waals surface area contributed by atoms with Crippen molar-refractivity contribution in [2.24, 2.45) is 11.8 Å². The summed E-state index contributed by atoms with van der Waals surface area (Å²) < 4.78 is 0. The zero-order valence-electron chi connectivity index (χ0n) is 12.2. The first-order chi connectivity index (χ1) is 10.1. The minimum absolute atomic E-state index is 0.0656. The van der Waals surface area contributed by atoms with Crippen molar-refractivity contribution < 1.29 is 4.79 Å². The smallest absolute Gasteiger partial charge is 0.221 e. The average molecular weight is 303 g/mol. The van der Waals surface area contributed by atoms with Gasteiger partial charge in [-0.05, 0) is 67.6 Å². The molecule has 0 saturated heterocycles. The fourth-order valence-corrected chi connectivity index (χ4v) is 3.87. The van der Waals surface area contributed by atoms with E-state index >= 15 is 0 Å². The van der Waals surface area contributed by atoms with E-state index in [1.54, 1.807) is 0 Å². The lowest BCUT2D eigenvalue weighted by Crippen LogP contribution is -2.40. The predicted molar refractivity (Wildman–Crippen MR) is 89.3 cm³/mol. The SMILES string of the molecule is CC(=O)Nc1ccc(NC(=S)N[C@@H]2C[C@@H]3CC[C@@H]2C3)cc1. The summed E-state index contributed by atoms with van der Waals surface area (Å²) in [6, 6.07) is 8.11. The molecule has 0 aromatic heterocycles. The lowest BCUT2D eigenvalue weighted by atomic mass is 9.96. The van der Waals surface area contributed by atoms with Crippen molar-refractivity contribution in [3.05, 3.63) is 24.3 Å². The van der Waals surface area contributed by atoms with Gasteiger partial charge in [0.25, 0.3) is 0 Å². The molecular formula is C16H21N3OS. The fourth-order valence-electron chi connectivity index (χ4n) is 3.60. The molecule has 21 heavy (non-hydrogen) atoms. The van der Waals surface area contributed by atoms with E-state index in [0.29, 0.717) is 11.2 Å². The first kappa shape index (κ1) is 14.3. The highest BCUT2D eigenvalue weighted by Crippen LogP contribution is 2.44. The van der Waals surface area contributed by atoms with Gasteiger partial charge in [-0.1, -0.05) is 6.42 Å². The number of hydrogen-bond donors (Lipinski definition) is 3. The summed E-state index contributed by atoms with van der Waals surface area (Å²) in [6.45, 7) is 1.50. The number of hydrogen-bond acceptors (Lipinski definition) is 2. The van der Waals surface area contributed by atoms with Crippen LogP contribution >= 0.6 is 12.2 Å². The van der Waals surface area contributed by atoms with Gasteiger partial charge in [0, 0.05) is 24.3 Å². The lowest BCUT2D eigenvalue weighted by Gasteiger charge is -2.24. The molecule has 2 aliphatic rings. The maximum absolute atomic E-state index is 11.0. The van der Waals surface area contributed by atoms with Crippen LogP contribution in [-0.4, -0.2) is 17.1 Å². The molecule has 0 radical (unpaired) electrons. The summed E-state index contributed by atoms with van der Waals surface area (Å²) in [5.41, 5.74) is 1.73. The first-order valence-electron chi connectivity index (χ1n) is 7.55. The molecule has 4 nitrogen and oxygen atoms in total. The van der Waals surface area contributed by atoms with E-state index in [-0.39, 0.29) is 5.91 Å². The monoisotopic (exact) mass is 303 g/mol. The highest BCUT2D eigenvalue weighted by atomic mass is 32.1. The number of anilines is 2. The Balaban J connectivity index is 1.51. The van der Waals surface area contributed by atoms with Gasteiger partial charge in [-0.15, -0.1) is 0 Å².